The Balaban J connectivity index is 1.78. The zero-order valence-electron chi connectivity index (χ0n) is 15.7. The average Bonchev–Trinajstić information content (AvgIpc) is 3.17. The standard InChI is InChI=1S/C21H21Cl2N3O2/c1-25(2)17-8-5-15(6-9-17)13-26(14-18-4-3-11-28-18)21(27)24-20-10-7-16(22)12-19(20)23/h3-12H,13-14H2,1-2H3,(H,24,27). The monoisotopic (exact) mass is 417 g/mol. The van der Waals surface area contributed by atoms with E-state index in [4.69, 9.17) is 27.6 Å². The maximum Gasteiger partial charge on any atom is 0.322 e. The Bertz CT molecular complexity index is 925. The summed E-state index contributed by atoms with van der Waals surface area (Å²) in [6.07, 6.45) is 1.59. The van der Waals surface area contributed by atoms with Crippen molar-refractivity contribution in [3.63, 3.8) is 0 Å². The van der Waals surface area contributed by atoms with Crippen molar-refractivity contribution in [2.75, 3.05) is 24.3 Å². The minimum absolute atomic E-state index is 0.280. The van der Waals surface area contributed by atoms with E-state index < -0.39 is 0 Å². The van der Waals surface area contributed by atoms with Crippen LogP contribution in [-0.2, 0) is 13.1 Å². The van der Waals surface area contributed by atoms with Gasteiger partial charge < -0.3 is 19.5 Å². The van der Waals surface area contributed by atoms with Crippen LogP contribution in [0.1, 0.15) is 11.3 Å². The third-order valence-corrected chi connectivity index (χ3v) is 4.76. The molecule has 1 aromatic heterocycles. The van der Waals surface area contributed by atoms with Crippen LogP contribution in [0.4, 0.5) is 16.2 Å². The molecule has 28 heavy (non-hydrogen) atoms. The molecule has 0 fully saturated rings. The molecular formula is C21H21Cl2N3O2. The molecule has 0 aliphatic rings. The Morgan fingerprint density at radius 1 is 1.04 bits per heavy atom. The van der Waals surface area contributed by atoms with E-state index in [0.717, 1.165) is 11.3 Å². The Hall–Kier alpha value is -2.63. The Morgan fingerprint density at radius 2 is 1.79 bits per heavy atom. The molecule has 2 amide bonds. The van der Waals surface area contributed by atoms with Crippen molar-refractivity contribution in [1.29, 1.82) is 0 Å². The second kappa shape index (κ2) is 9.04. The van der Waals surface area contributed by atoms with E-state index in [9.17, 15) is 4.79 Å². The number of benzene rings is 2. The summed E-state index contributed by atoms with van der Waals surface area (Å²) in [5.41, 5.74) is 2.61. The lowest BCUT2D eigenvalue weighted by Gasteiger charge is -2.23. The molecule has 0 spiro atoms. The van der Waals surface area contributed by atoms with Crippen LogP contribution in [0.5, 0.6) is 0 Å². The molecule has 1 N–H and O–H groups in total. The second-order valence-corrected chi connectivity index (χ2v) is 7.39. The van der Waals surface area contributed by atoms with Crippen LogP contribution in [0, 0.1) is 0 Å². The summed E-state index contributed by atoms with van der Waals surface area (Å²) in [6.45, 7) is 0.755. The number of amides is 2. The van der Waals surface area contributed by atoms with Gasteiger partial charge in [0.15, 0.2) is 0 Å². The Morgan fingerprint density at radius 3 is 2.39 bits per heavy atom. The number of nitrogens with zero attached hydrogens (tertiary/aromatic N) is 2. The van der Waals surface area contributed by atoms with Crippen LogP contribution in [0.2, 0.25) is 10.0 Å². The summed E-state index contributed by atoms with van der Waals surface area (Å²) in [5, 5.41) is 3.74. The van der Waals surface area contributed by atoms with E-state index in [-0.39, 0.29) is 6.03 Å². The van der Waals surface area contributed by atoms with Gasteiger partial charge in [-0.05, 0) is 48.0 Å². The van der Waals surface area contributed by atoms with E-state index in [2.05, 4.69) is 5.32 Å². The number of carbonyl (C=O) groups is 1. The largest absolute Gasteiger partial charge is 0.467 e. The molecule has 0 atom stereocenters. The summed E-state index contributed by atoms with van der Waals surface area (Å²) in [5.74, 6) is 0.697. The topological polar surface area (TPSA) is 48.7 Å². The van der Waals surface area contributed by atoms with Gasteiger partial charge in [0.05, 0.1) is 23.5 Å². The fourth-order valence-electron chi connectivity index (χ4n) is 2.70. The lowest BCUT2D eigenvalue weighted by molar-refractivity contribution is 0.201. The molecule has 3 aromatic rings. The van der Waals surface area contributed by atoms with Gasteiger partial charge in [-0.25, -0.2) is 4.79 Å². The molecule has 5 nitrogen and oxygen atoms in total. The van der Waals surface area contributed by atoms with Crippen LogP contribution in [0.25, 0.3) is 0 Å². The fraction of sp³-hybridized carbons (Fsp3) is 0.190. The summed E-state index contributed by atoms with van der Waals surface area (Å²) in [6, 6.07) is 16.4. The van der Waals surface area contributed by atoms with E-state index in [1.807, 2.05) is 49.3 Å². The Kier molecular flexibility index (Phi) is 6.49. The number of rotatable bonds is 6. The highest BCUT2D eigenvalue weighted by atomic mass is 35.5. The van der Waals surface area contributed by atoms with Crippen LogP contribution in [0.3, 0.4) is 0 Å². The highest BCUT2D eigenvalue weighted by Crippen LogP contribution is 2.26. The predicted molar refractivity (Wildman–Crippen MR) is 114 cm³/mol. The number of nitrogens with one attached hydrogen (secondary N) is 1. The van der Waals surface area contributed by atoms with Crippen molar-refractivity contribution in [3.8, 4) is 0 Å². The van der Waals surface area contributed by atoms with E-state index in [1.54, 1.807) is 35.4 Å². The smallest absolute Gasteiger partial charge is 0.322 e. The molecule has 146 valence electrons. The Labute approximate surface area is 174 Å². The SMILES string of the molecule is CN(C)c1ccc(CN(Cc2ccco2)C(=O)Nc2ccc(Cl)cc2Cl)cc1. The minimum atomic E-state index is -0.280. The number of halogens is 2. The van der Waals surface area contributed by atoms with Gasteiger partial charge in [0.2, 0.25) is 0 Å². The predicted octanol–water partition coefficient (Wildman–Crippen LogP) is 5.89. The molecule has 0 saturated heterocycles. The first-order valence-corrected chi connectivity index (χ1v) is 9.47. The zero-order chi connectivity index (χ0) is 20.1. The molecule has 2 aromatic carbocycles. The summed E-state index contributed by atoms with van der Waals surface area (Å²) >= 11 is 12.1. The highest BCUT2D eigenvalue weighted by molar-refractivity contribution is 6.36. The maximum absolute atomic E-state index is 12.9. The minimum Gasteiger partial charge on any atom is -0.467 e. The number of carbonyl (C=O) groups excluding carboxylic acids is 1. The number of hydrogen-bond acceptors (Lipinski definition) is 3. The van der Waals surface area contributed by atoms with Crippen LogP contribution >= 0.6 is 23.2 Å². The number of hydrogen-bond donors (Lipinski definition) is 1. The number of urea groups is 1. The normalized spacial score (nSPS) is 10.6. The first-order chi connectivity index (χ1) is 13.4. The van der Waals surface area contributed by atoms with Gasteiger partial charge in [0.25, 0.3) is 0 Å². The summed E-state index contributed by atoms with van der Waals surface area (Å²) < 4.78 is 5.42. The van der Waals surface area contributed by atoms with Gasteiger partial charge in [-0.3, -0.25) is 0 Å². The zero-order valence-corrected chi connectivity index (χ0v) is 17.2. The molecule has 0 aliphatic carbocycles. The lowest BCUT2D eigenvalue weighted by Crippen LogP contribution is -2.34. The van der Waals surface area contributed by atoms with Gasteiger partial charge in [-0.2, -0.15) is 0 Å². The third-order valence-electron chi connectivity index (χ3n) is 4.21. The van der Waals surface area contributed by atoms with Crippen molar-refractivity contribution in [2.24, 2.45) is 0 Å². The van der Waals surface area contributed by atoms with Gasteiger partial charge in [0, 0.05) is 31.4 Å². The van der Waals surface area contributed by atoms with Crippen molar-refractivity contribution in [1.82, 2.24) is 4.90 Å². The number of furan rings is 1. The number of anilines is 2. The van der Waals surface area contributed by atoms with Crippen molar-refractivity contribution in [2.45, 2.75) is 13.1 Å². The van der Waals surface area contributed by atoms with E-state index in [1.165, 1.54) is 0 Å². The van der Waals surface area contributed by atoms with Gasteiger partial charge in [-0.15, -0.1) is 0 Å². The van der Waals surface area contributed by atoms with Crippen LogP contribution < -0.4 is 10.2 Å². The van der Waals surface area contributed by atoms with Crippen molar-refractivity contribution >= 4 is 40.6 Å². The molecular weight excluding hydrogens is 397 g/mol. The molecule has 0 bridgehead atoms. The molecule has 3 rings (SSSR count). The van der Waals surface area contributed by atoms with Gasteiger partial charge in [0.1, 0.15) is 5.76 Å². The molecule has 0 saturated carbocycles. The maximum atomic E-state index is 12.9. The first kappa shape index (κ1) is 20.1. The van der Waals surface area contributed by atoms with E-state index in [0.29, 0.717) is 34.6 Å². The van der Waals surface area contributed by atoms with Crippen molar-refractivity contribution in [3.05, 3.63) is 82.2 Å². The van der Waals surface area contributed by atoms with Gasteiger partial charge >= 0.3 is 6.03 Å². The quantitative estimate of drug-likeness (QED) is 0.543. The molecule has 0 aliphatic heterocycles. The fourth-order valence-corrected chi connectivity index (χ4v) is 3.15. The molecule has 0 unspecified atom stereocenters. The van der Waals surface area contributed by atoms with Crippen LogP contribution in [0.15, 0.2) is 65.3 Å². The summed E-state index contributed by atoms with van der Waals surface area (Å²) in [4.78, 5) is 16.6. The lowest BCUT2D eigenvalue weighted by atomic mass is 10.2. The summed E-state index contributed by atoms with van der Waals surface area (Å²) in [7, 11) is 3.98. The molecule has 1 heterocycles. The average molecular weight is 418 g/mol. The highest BCUT2D eigenvalue weighted by Gasteiger charge is 2.17. The second-order valence-electron chi connectivity index (χ2n) is 6.55. The van der Waals surface area contributed by atoms with Crippen molar-refractivity contribution < 1.29 is 9.21 Å². The third kappa shape index (κ3) is 5.21. The van der Waals surface area contributed by atoms with Gasteiger partial charge in [-0.1, -0.05) is 35.3 Å². The van der Waals surface area contributed by atoms with Crippen LogP contribution in [-0.4, -0.2) is 25.0 Å². The molecule has 7 heteroatoms. The van der Waals surface area contributed by atoms with E-state index >= 15 is 0 Å². The first-order valence-electron chi connectivity index (χ1n) is 8.72. The molecule has 0 radical (unpaired) electrons.